The van der Waals surface area contributed by atoms with Gasteiger partial charge in [0.15, 0.2) is 18.1 Å². The summed E-state index contributed by atoms with van der Waals surface area (Å²) >= 11 is 0. The third-order valence-electron chi connectivity index (χ3n) is 5.55. The third-order valence-corrected chi connectivity index (χ3v) is 5.55. The molecule has 0 radical (unpaired) electrons. The molecule has 9 nitrogen and oxygen atoms in total. The molecule has 4 rings (SSSR count). The van der Waals surface area contributed by atoms with Crippen molar-refractivity contribution in [3.8, 4) is 17.2 Å². The summed E-state index contributed by atoms with van der Waals surface area (Å²) in [4.78, 5) is 29.2. The minimum absolute atomic E-state index is 0.0246. The van der Waals surface area contributed by atoms with Crippen LogP contribution in [0.3, 0.4) is 0 Å². The van der Waals surface area contributed by atoms with Gasteiger partial charge in [0.05, 0.1) is 33.1 Å². The molecule has 0 spiro atoms. The van der Waals surface area contributed by atoms with Crippen LogP contribution in [0.25, 0.3) is 0 Å². The Morgan fingerprint density at radius 3 is 2.56 bits per heavy atom. The molecule has 0 aliphatic carbocycles. The van der Waals surface area contributed by atoms with E-state index in [4.69, 9.17) is 18.9 Å². The monoisotopic (exact) mass is 441 g/mol. The van der Waals surface area contributed by atoms with Crippen LogP contribution in [0.5, 0.6) is 17.2 Å². The van der Waals surface area contributed by atoms with Crippen molar-refractivity contribution < 1.29 is 28.5 Å². The molecule has 2 aromatic carbocycles. The highest BCUT2D eigenvalue weighted by Gasteiger charge is 2.26. The predicted octanol–water partition coefficient (Wildman–Crippen LogP) is 2.01. The molecule has 2 aliphatic rings. The Morgan fingerprint density at radius 1 is 1.03 bits per heavy atom. The van der Waals surface area contributed by atoms with E-state index in [9.17, 15) is 9.59 Å². The minimum atomic E-state index is -0.290. The first kappa shape index (κ1) is 21.9. The first-order valence-corrected chi connectivity index (χ1v) is 10.5. The summed E-state index contributed by atoms with van der Waals surface area (Å²) in [6.07, 6.45) is 0. The fourth-order valence-corrected chi connectivity index (χ4v) is 3.77. The summed E-state index contributed by atoms with van der Waals surface area (Å²) in [5.74, 6) is 1.22. The summed E-state index contributed by atoms with van der Waals surface area (Å²) in [5, 5.41) is 2.87. The van der Waals surface area contributed by atoms with Crippen molar-refractivity contribution in [1.29, 1.82) is 0 Å². The number of hydrogen-bond acceptors (Lipinski definition) is 7. The lowest BCUT2D eigenvalue weighted by atomic mass is 10.1. The van der Waals surface area contributed by atoms with Crippen molar-refractivity contribution in [2.75, 3.05) is 70.4 Å². The van der Waals surface area contributed by atoms with Gasteiger partial charge in [-0.1, -0.05) is 0 Å². The maximum atomic E-state index is 12.7. The number of morpholine rings is 1. The summed E-state index contributed by atoms with van der Waals surface area (Å²) in [6.45, 7) is 4.49. The molecule has 1 fully saturated rings. The Balaban J connectivity index is 1.46. The molecule has 32 heavy (non-hydrogen) atoms. The van der Waals surface area contributed by atoms with Crippen molar-refractivity contribution in [2.24, 2.45) is 0 Å². The molecule has 0 saturated carbocycles. The topological polar surface area (TPSA) is 89.6 Å². The summed E-state index contributed by atoms with van der Waals surface area (Å²) in [5.41, 5.74) is 1.72. The molecular formula is C23H27N3O6. The van der Waals surface area contributed by atoms with E-state index in [0.717, 1.165) is 32.8 Å². The van der Waals surface area contributed by atoms with E-state index >= 15 is 0 Å². The second kappa shape index (κ2) is 9.88. The zero-order valence-corrected chi connectivity index (χ0v) is 18.3. The van der Waals surface area contributed by atoms with Gasteiger partial charge in [-0.3, -0.25) is 14.5 Å². The van der Waals surface area contributed by atoms with Crippen LogP contribution in [-0.2, 0) is 9.53 Å². The lowest BCUT2D eigenvalue weighted by Gasteiger charge is -2.33. The van der Waals surface area contributed by atoms with Crippen LogP contribution in [0.15, 0.2) is 36.4 Å². The molecule has 0 atom stereocenters. The normalized spacial score (nSPS) is 16.2. The van der Waals surface area contributed by atoms with E-state index in [-0.39, 0.29) is 18.4 Å². The zero-order chi connectivity index (χ0) is 22.5. The third kappa shape index (κ3) is 4.79. The number of amides is 2. The van der Waals surface area contributed by atoms with Crippen LogP contribution >= 0.6 is 0 Å². The number of fused-ring (bicyclic) bond motifs is 1. The van der Waals surface area contributed by atoms with Gasteiger partial charge in [0, 0.05) is 43.5 Å². The van der Waals surface area contributed by atoms with Crippen molar-refractivity contribution in [1.82, 2.24) is 4.90 Å². The van der Waals surface area contributed by atoms with Gasteiger partial charge in [0.1, 0.15) is 5.75 Å². The van der Waals surface area contributed by atoms with Crippen LogP contribution in [-0.4, -0.2) is 76.9 Å². The van der Waals surface area contributed by atoms with E-state index in [1.807, 2.05) is 0 Å². The average Bonchev–Trinajstić information content (AvgIpc) is 2.83. The van der Waals surface area contributed by atoms with Gasteiger partial charge in [-0.2, -0.15) is 0 Å². The molecule has 1 N–H and O–H groups in total. The van der Waals surface area contributed by atoms with Gasteiger partial charge in [-0.25, -0.2) is 0 Å². The van der Waals surface area contributed by atoms with Crippen LogP contribution in [0, 0.1) is 0 Å². The number of nitrogens with zero attached hydrogens (tertiary/aromatic N) is 2. The molecule has 2 amide bonds. The largest absolute Gasteiger partial charge is 0.493 e. The number of ether oxygens (including phenoxy) is 4. The molecule has 0 unspecified atom stereocenters. The maximum Gasteiger partial charge on any atom is 0.265 e. The number of anilines is 2. The second-order valence-corrected chi connectivity index (χ2v) is 7.49. The SMILES string of the molecule is COc1ccc(C(=O)Nc2ccc3c(c2)OCC(=O)N3CCN2CCOCC2)cc1OC. The maximum absolute atomic E-state index is 12.7. The van der Waals surface area contributed by atoms with Crippen LogP contribution in [0.2, 0.25) is 0 Å². The molecular weight excluding hydrogens is 414 g/mol. The van der Waals surface area contributed by atoms with Crippen LogP contribution < -0.4 is 24.4 Å². The number of methoxy groups -OCH3 is 2. The lowest BCUT2D eigenvalue weighted by Crippen LogP contribution is -2.45. The number of rotatable bonds is 7. The highest BCUT2D eigenvalue weighted by atomic mass is 16.5. The Kier molecular flexibility index (Phi) is 6.77. The van der Waals surface area contributed by atoms with E-state index in [0.29, 0.717) is 40.7 Å². The molecule has 2 aliphatic heterocycles. The van der Waals surface area contributed by atoms with E-state index < -0.39 is 0 Å². The zero-order valence-electron chi connectivity index (χ0n) is 18.3. The predicted molar refractivity (Wildman–Crippen MR) is 119 cm³/mol. The van der Waals surface area contributed by atoms with Gasteiger partial charge in [0.2, 0.25) is 0 Å². The fourth-order valence-electron chi connectivity index (χ4n) is 3.77. The second-order valence-electron chi connectivity index (χ2n) is 7.49. The Labute approximate surface area is 186 Å². The molecule has 0 aromatic heterocycles. The Hall–Kier alpha value is -3.30. The van der Waals surface area contributed by atoms with Crippen molar-refractivity contribution >= 4 is 23.2 Å². The highest BCUT2D eigenvalue weighted by molar-refractivity contribution is 6.05. The number of carbonyl (C=O) groups excluding carboxylic acids is 2. The average molecular weight is 441 g/mol. The number of benzene rings is 2. The number of nitrogens with one attached hydrogen (secondary N) is 1. The summed E-state index contributed by atoms with van der Waals surface area (Å²) in [7, 11) is 3.06. The van der Waals surface area contributed by atoms with Gasteiger partial charge in [-0.05, 0) is 30.3 Å². The highest BCUT2D eigenvalue weighted by Crippen LogP contribution is 2.35. The van der Waals surface area contributed by atoms with Gasteiger partial charge in [-0.15, -0.1) is 0 Å². The van der Waals surface area contributed by atoms with Crippen LogP contribution in [0.4, 0.5) is 11.4 Å². The Bertz CT molecular complexity index is 990. The van der Waals surface area contributed by atoms with E-state index in [1.54, 1.807) is 48.4 Å². The van der Waals surface area contributed by atoms with Crippen LogP contribution in [0.1, 0.15) is 10.4 Å². The van der Waals surface area contributed by atoms with Gasteiger partial charge < -0.3 is 29.2 Å². The smallest absolute Gasteiger partial charge is 0.265 e. The minimum Gasteiger partial charge on any atom is -0.493 e. The molecule has 1 saturated heterocycles. The summed E-state index contributed by atoms with van der Waals surface area (Å²) in [6, 6.07) is 10.3. The number of carbonyl (C=O) groups is 2. The standard InChI is InChI=1S/C23H27N3O6/c1-29-19-6-3-16(13-21(19)30-2)23(28)24-17-4-5-18-20(14-17)32-15-22(27)26(18)8-7-25-9-11-31-12-10-25/h3-6,13-14H,7-12,15H2,1-2H3,(H,24,28). The number of hydrogen-bond donors (Lipinski definition) is 1. The molecule has 9 heteroatoms. The van der Waals surface area contributed by atoms with Crippen molar-refractivity contribution in [3.63, 3.8) is 0 Å². The lowest BCUT2D eigenvalue weighted by molar-refractivity contribution is -0.121. The molecule has 170 valence electrons. The van der Waals surface area contributed by atoms with E-state index in [1.165, 1.54) is 7.11 Å². The van der Waals surface area contributed by atoms with Gasteiger partial charge in [0.25, 0.3) is 11.8 Å². The fraction of sp³-hybridized carbons (Fsp3) is 0.391. The molecule has 0 bridgehead atoms. The summed E-state index contributed by atoms with van der Waals surface area (Å²) < 4.78 is 21.5. The molecule has 2 aromatic rings. The molecule has 2 heterocycles. The first-order valence-electron chi connectivity index (χ1n) is 10.5. The Morgan fingerprint density at radius 2 is 1.81 bits per heavy atom. The van der Waals surface area contributed by atoms with Crippen molar-refractivity contribution in [3.05, 3.63) is 42.0 Å². The van der Waals surface area contributed by atoms with E-state index in [2.05, 4.69) is 10.2 Å². The van der Waals surface area contributed by atoms with Gasteiger partial charge >= 0.3 is 0 Å². The quantitative estimate of drug-likeness (QED) is 0.703. The first-order chi connectivity index (χ1) is 15.6. The van der Waals surface area contributed by atoms with Crippen molar-refractivity contribution in [2.45, 2.75) is 0 Å².